The summed E-state index contributed by atoms with van der Waals surface area (Å²) in [6, 6.07) is 7.57. The van der Waals surface area contributed by atoms with Crippen molar-refractivity contribution >= 4 is 5.91 Å². The molecule has 0 bridgehead atoms. The van der Waals surface area contributed by atoms with Gasteiger partial charge < -0.3 is 15.2 Å². The predicted molar refractivity (Wildman–Crippen MR) is 81.2 cm³/mol. The average Bonchev–Trinajstić information content (AvgIpc) is 2.52. The van der Waals surface area contributed by atoms with Crippen LogP contribution in [0.25, 0.3) is 0 Å². The van der Waals surface area contributed by atoms with Crippen LogP contribution in [0.1, 0.15) is 31.9 Å². The number of fused-ring (bicyclic) bond motifs is 1. The van der Waals surface area contributed by atoms with Crippen LogP contribution in [0.3, 0.4) is 0 Å². The van der Waals surface area contributed by atoms with Crippen molar-refractivity contribution in [3.63, 3.8) is 0 Å². The number of nitrogens with one attached hydrogen (secondary N) is 1. The molecule has 1 heterocycles. The number of para-hydroxylation sites is 1. The zero-order valence-electron chi connectivity index (χ0n) is 12.7. The topological polar surface area (TPSA) is 61.8 Å². The van der Waals surface area contributed by atoms with Crippen LogP contribution >= 0.6 is 0 Å². The molecule has 0 saturated heterocycles. The highest BCUT2D eigenvalue weighted by molar-refractivity contribution is 5.81. The molecule has 0 aromatic heterocycles. The van der Waals surface area contributed by atoms with Crippen molar-refractivity contribution < 1.29 is 14.6 Å². The highest BCUT2D eigenvalue weighted by Crippen LogP contribution is 2.31. The van der Waals surface area contributed by atoms with E-state index >= 15 is 0 Å². The number of likely N-dealkylation sites (N-methyl/N-ethyl adjacent to an activating group) is 1. The van der Waals surface area contributed by atoms with Crippen LogP contribution in [-0.4, -0.2) is 48.3 Å². The first-order valence-electron chi connectivity index (χ1n) is 7.54. The Morgan fingerprint density at radius 1 is 1.52 bits per heavy atom. The first-order chi connectivity index (χ1) is 10.2. The molecular weight excluding hydrogens is 268 g/mol. The van der Waals surface area contributed by atoms with Crippen LogP contribution in [0.4, 0.5) is 0 Å². The SMILES string of the molecule is CCN(CCO)C(C)C(=O)NC1CCOc2ccccc21. The largest absolute Gasteiger partial charge is 0.493 e. The van der Waals surface area contributed by atoms with E-state index in [1.807, 2.05) is 43.0 Å². The van der Waals surface area contributed by atoms with E-state index in [9.17, 15) is 4.79 Å². The minimum Gasteiger partial charge on any atom is -0.493 e. The van der Waals surface area contributed by atoms with Gasteiger partial charge >= 0.3 is 0 Å². The lowest BCUT2D eigenvalue weighted by Gasteiger charge is -2.30. The zero-order valence-corrected chi connectivity index (χ0v) is 12.7. The molecule has 2 unspecified atom stereocenters. The molecule has 1 aliphatic heterocycles. The Morgan fingerprint density at radius 3 is 3.00 bits per heavy atom. The number of hydrogen-bond donors (Lipinski definition) is 2. The lowest BCUT2D eigenvalue weighted by Crippen LogP contribution is -2.47. The summed E-state index contributed by atoms with van der Waals surface area (Å²) in [5, 5.41) is 12.2. The summed E-state index contributed by atoms with van der Waals surface area (Å²) >= 11 is 0. The second-order valence-electron chi connectivity index (χ2n) is 5.26. The molecule has 1 amide bonds. The molecule has 0 saturated carbocycles. The van der Waals surface area contributed by atoms with Gasteiger partial charge in [-0.1, -0.05) is 25.1 Å². The molecule has 0 spiro atoms. The number of ether oxygens (including phenoxy) is 1. The average molecular weight is 292 g/mol. The molecule has 116 valence electrons. The van der Waals surface area contributed by atoms with Gasteiger partial charge in [0, 0.05) is 18.5 Å². The highest BCUT2D eigenvalue weighted by atomic mass is 16.5. The third-order valence-corrected chi connectivity index (χ3v) is 4.00. The van der Waals surface area contributed by atoms with Crippen LogP contribution in [0.5, 0.6) is 5.75 Å². The summed E-state index contributed by atoms with van der Waals surface area (Å²) < 4.78 is 5.61. The van der Waals surface area contributed by atoms with Gasteiger partial charge in [0.2, 0.25) is 5.91 Å². The quantitative estimate of drug-likeness (QED) is 0.830. The standard InChI is InChI=1S/C16H24N2O3/c1-3-18(9-10-19)12(2)16(20)17-14-8-11-21-15-7-5-4-6-13(14)15/h4-7,12,14,19H,3,8-11H2,1-2H3,(H,17,20). The van der Waals surface area contributed by atoms with Gasteiger partial charge in [-0.25, -0.2) is 0 Å². The van der Waals surface area contributed by atoms with Crippen molar-refractivity contribution in [2.75, 3.05) is 26.3 Å². The Hall–Kier alpha value is -1.59. The fourth-order valence-electron chi connectivity index (χ4n) is 2.70. The monoisotopic (exact) mass is 292 g/mol. The van der Waals surface area contributed by atoms with Gasteiger partial charge in [-0.3, -0.25) is 9.69 Å². The third-order valence-electron chi connectivity index (χ3n) is 4.00. The molecule has 2 N–H and O–H groups in total. The van der Waals surface area contributed by atoms with E-state index in [-0.39, 0.29) is 24.6 Å². The summed E-state index contributed by atoms with van der Waals surface area (Å²) in [6.07, 6.45) is 0.779. The molecule has 0 radical (unpaired) electrons. The smallest absolute Gasteiger partial charge is 0.237 e. The summed E-state index contributed by atoms with van der Waals surface area (Å²) in [6.45, 7) is 5.79. The summed E-state index contributed by atoms with van der Waals surface area (Å²) in [7, 11) is 0. The van der Waals surface area contributed by atoms with Crippen molar-refractivity contribution in [2.45, 2.75) is 32.4 Å². The number of aliphatic hydroxyl groups is 1. The number of amides is 1. The molecule has 0 aliphatic carbocycles. The van der Waals surface area contributed by atoms with Crippen LogP contribution in [-0.2, 0) is 4.79 Å². The van der Waals surface area contributed by atoms with Gasteiger partial charge in [-0.2, -0.15) is 0 Å². The van der Waals surface area contributed by atoms with E-state index in [1.54, 1.807) is 0 Å². The Morgan fingerprint density at radius 2 is 2.29 bits per heavy atom. The molecule has 2 rings (SSSR count). The third kappa shape index (κ3) is 3.74. The second kappa shape index (κ2) is 7.43. The van der Waals surface area contributed by atoms with Crippen LogP contribution < -0.4 is 10.1 Å². The van der Waals surface area contributed by atoms with Crippen LogP contribution in [0.2, 0.25) is 0 Å². The van der Waals surface area contributed by atoms with Crippen molar-refractivity contribution in [3.05, 3.63) is 29.8 Å². The van der Waals surface area contributed by atoms with Gasteiger partial charge in [0.1, 0.15) is 5.75 Å². The fraction of sp³-hybridized carbons (Fsp3) is 0.562. The van der Waals surface area contributed by atoms with E-state index in [2.05, 4.69) is 5.32 Å². The molecule has 5 nitrogen and oxygen atoms in total. The van der Waals surface area contributed by atoms with E-state index < -0.39 is 0 Å². The summed E-state index contributed by atoms with van der Waals surface area (Å²) in [5.41, 5.74) is 1.04. The van der Waals surface area contributed by atoms with Gasteiger partial charge in [-0.15, -0.1) is 0 Å². The highest BCUT2D eigenvalue weighted by Gasteiger charge is 2.26. The Bertz CT molecular complexity index is 478. The maximum absolute atomic E-state index is 12.4. The summed E-state index contributed by atoms with van der Waals surface area (Å²) in [5.74, 6) is 0.844. The maximum Gasteiger partial charge on any atom is 0.237 e. The number of rotatable bonds is 6. The number of hydrogen-bond acceptors (Lipinski definition) is 4. The van der Waals surface area contributed by atoms with Gasteiger partial charge in [0.05, 0.1) is 25.3 Å². The first kappa shape index (κ1) is 15.8. The minimum absolute atomic E-state index is 0.00210. The predicted octanol–water partition coefficient (Wildman–Crippen LogP) is 1.33. The minimum atomic E-state index is -0.253. The van der Waals surface area contributed by atoms with Crippen molar-refractivity contribution in [1.29, 1.82) is 0 Å². The number of nitrogens with zero attached hydrogens (tertiary/aromatic N) is 1. The van der Waals surface area contributed by atoms with E-state index in [0.717, 1.165) is 24.3 Å². The Labute approximate surface area is 125 Å². The van der Waals surface area contributed by atoms with Gasteiger partial charge in [-0.05, 0) is 19.5 Å². The lowest BCUT2D eigenvalue weighted by atomic mass is 10.00. The van der Waals surface area contributed by atoms with Gasteiger partial charge in [0.15, 0.2) is 0 Å². The number of benzene rings is 1. The number of aliphatic hydroxyl groups excluding tert-OH is 1. The molecule has 1 aromatic carbocycles. The Kier molecular flexibility index (Phi) is 5.59. The zero-order chi connectivity index (χ0) is 15.2. The molecule has 1 aliphatic rings. The van der Waals surface area contributed by atoms with E-state index in [0.29, 0.717) is 13.2 Å². The Balaban J connectivity index is 2.03. The molecule has 5 heteroatoms. The van der Waals surface area contributed by atoms with Crippen molar-refractivity contribution in [1.82, 2.24) is 10.2 Å². The van der Waals surface area contributed by atoms with Crippen LogP contribution in [0.15, 0.2) is 24.3 Å². The van der Waals surface area contributed by atoms with Gasteiger partial charge in [0.25, 0.3) is 0 Å². The number of carbonyl (C=O) groups excluding carboxylic acids is 1. The van der Waals surface area contributed by atoms with E-state index in [4.69, 9.17) is 9.84 Å². The number of carbonyl (C=O) groups is 1. The molecular formula is C16H24N2O3. The fourth-order valence-corrected chi connectivity index (χ4v) is 2.70. The summed E-state index contributed by atoms with van der Waals surface area (Å²) in [4.78, 5) is 14.4. The van der Waals surface area contributed by atoms with Crippen LogP contribution in [0, 0.1) is 0 Å². The van der Waals surface area contributed by atoms with Crippen molar-refractivity contribution in [2.24, 2.45) is 0 Å². The molecule has 0 fully saturated rings. The van der Waals surface area contributed by atoms with E-state index in [1.165, 1.54) is 0 Å². The lowest BCUT2D eigenvalue weighted by molar-refractivity contribution is -0.127. The maximum atomic E-state index is 12.4. The molecule has 1 aromatic rings. The second-order valence-corrected chi connectivity index (χ2v) is 5.26. The molecule has 2 atom stereocenters. The normalized spacial score (nSPS) is 18.8. The first-order valence-corrected chi connectivity index (χ1v) is 7.54. The van der Waals surface area contributed by atoms with Crippen molar-refractivity contribution in [3.8, 4) is 5.75 Å². The molecule has 21 heavy (non-hydrogen) atoms.